The molecule has 2 heterocycles. The summed E-state index contributed by atoms with van der Waals surface area (Å²) in [6.07, 6.45) is 1.35. The van der Waals surface area contributed by atoms with E-state index in [1.165, 1.54) is 6.08 Å². The number of amides is 5. The summed E-state index contributed by atoms with van der Waals surface area (Å²) in [6.45, 7) is 5.39. The first kappa shape index (κ1) is 17.1. The number of urea groups is 1. The second kappa shape index (κ2) is 7.19. The molecule has 116 valence electrons. The van der Waals surface area contributed by atoms with Crippen LogP contribution in [0.4, 0.5) is 4.79 Å². The summed E-state index contributed by atoms with van der Waals surface area (Å²) in [5.41, 5.74) is 0. The Labute approximate surface area is 128 Å². The molecule has 9 heteroatoms. The van der Waals surface area contributed by atoms with Crippen LogP contribution in [0.15, 0.2) is 12.7 Å². The Hall–Kier alpha value is -1.93. The van der Waals surface area contributed by atoms with E-state index in [0.717, 1.165) is 4.90 Å². The molecule has 0 aromatic heterocycles. The number of halogens is 1. The lowest BCUT2D eigenvalue weighted by Crippen LogP contribution is -2.50. The summed E-state index contributed by atoms with van der Waals surface area (Å²) in [6, 6.07) is -0.761. The van der Waals surface area contributed by atoms with Gasteiger partial charge in [0.05, 0.1) is 0 Å². The Morgan fingerprint density at radius 2 is 1.71 bits per heavy atom. The number of nitrogens with one attached hydrogen (secondary N) is 1. The summed E-state index contributed by atoms with van der Waals surface area (Å²) in [5.74, 6) is -2.20. The van der Waals surface area contributed by atoms with E-state index in [4.69, 9.17) is 0 Å². The number of rotatable bonds is 4. The Bertz CT molecular complexity index is 476. The summed E-state index contributed by atoms with van der Waals surface area (Å²) in [7, 11) is 0. The molecule has 2 fully saturated rings. The standard InChI is InChI=1S/C12H16N4O4.ClH/c1-2-5-15-10(18)11(19)16(12(15)20)8-9(17)14-6-3-13-4-7-14;/h2,13H,1,3-8H2;1H. The number of carbonyl (C=O) groups excluding carboxylic acids is 4. The second-order valence-corrected chi connectivity index (χ2v) is 4.51. The third-order valence-electron chi connectivity index (χ3n) is 3.21. The maximum absolute atomic E-state index is 12.0. The molecule has 0 radical (unpaired) electrons. The number of hydrogen-bond acceptors (Lipinski definition) is 5. The average Bonchev–Trinajstić information content (AvgIpc) is 2.66. The van der Waals surface area contributed by atoms with Crippen molar-refractivity contribution in [2.24, 2.45) is 0 Å². The summed E-state index contributed by atoms with van der Waals surface area (Å²) >= 11 is 0. The van der Waals surface area contributed by atoms with Crippen LogP contribution in [0.25, 0.3) is 0 Å². The number of imide groups is 2. The SMILES string of the molecule is C=CCN1C(=O)C(=O)N(CC(=O)N2CCNCC2)C1=O.Cl. The zero-order valence-electron chi connectivity index (χ0n) is 11.4. The summed E-state index contributed by atoms with van der Waals surface area (Å²) in [4.78, 5) is 50.3. The van der Waals surface area contributed by atoms with Gasteiger partial charge in [-0.1, -0.05) is 6.08 Å². The van der Waals surface area contributed by atoms with Crippen molar-refractivity contribution in [1.29, 1.82) is 0 Å². The van der Waals surface area contributed by atoms with Crippen LogP contribution in [0.3, 0.4) is 0 Å². The maximum Gasteiger partial charge on any atom is 0.335 e. The first-order valence-corrected chi connectivity index (χ1v) is 6.33. The van der Waals surface area contributed by atoms with Crippen molar-refractivity contribution < 1.29 is 19.2 Å². The van der Waals surface area contributed by atoms with Crippen LogP contribution in [0, 0.1) is 0 Å². The number of piperazine rings is 1. The topological polar surface area (TPSA) is 90.0 Å². The molecule has 0 bridgehead atoms. The van der Waals surface area contributed by atoms with Crippen molar-refractivity contribution >= 4 is 36.2 Å². The van der Waals surface area contributed by atoms with E-state index in [2.05, 4.69) is 11.9 Å². The van der Waals surface area contributed by atoms with Crippen LogP contribution < -0.4 is 5.32 Å². The molecule has 2 rings (SSSR count). The Morgan fingerprint density at radius 1 is 1.14 bits per heavy atom. The van der Waals surface area contributed by atoms with Gasteiger partial charge in [-0.25, -0.2) is 9.69 Å². The van der Waals surface area contributed by atoms with E-state index >= 15 is 0 Å². The maximum atomic E-state index is 12.0. The molecule has 1 N–H and O–H groups in total. The highest BCUT2D eigenvalue weighted by Crippen LogP contribution is 2.12. The summed E-state index contributed by atoms with van der Waals surface area (Å²) < 4.78 is 0. The molecule has 0 unspecified atom stereocenters. The molecule has 0 spiro atoms. The molecule has 0 aromatic carbocycles. The molecule has 0 aliphatic carbocycles. The van der Waals surface area contributed by atoms with E-state index in [1.807, 2.05) is 0 Å². The van der Waals surface area contributed by atoms with Gasteiger partial charge in [0.1, 0.15) is 6.54 Å². The zero-order valence-corrected chi connectivity index (χ0v) is 12.2. The van der Waals surface area contributed by atoms with E-state index < -0.39 is 24.4 Å². The average molecular weight is 317 g/mol. The first-order valence-electron chi connectivity index (χ1n) is 6.33. The highest BCUT2D eigenvalue weighted by atomic mass is 35.5. The third-order valence-corrected chi connectivity index (χ3v) is 3.21. The molecule has 0 saturated carbocycles. The van der Waals surface area contributed by atoms with Crippen LogP contribution in [-0.4, -0.2) is 77.7 Å². The molecule has 0 atom stereocenters. The largest absolute Gasteiger partial charge is 0.339 e. The smallest absolute Gasteiger partial charge is 0.335 e. The van der Waals surface area contributed by atoms with Gasteiger partial charge in [-0.3, -0.25) is 19.3 Å². The quantitative estimate of drug-likeness (QED) is 0.400. The lowest BCUT2D eigenvalue weighted by molar-refractivity contribution is -0.144. The van der Waals surface area contributed by atoms with E-state index in [9.17, 15) is 19.2 Å². The monoisotopic (exact) mass is 316 g/mol. The Kier molecular flexibility index (Phi) is 5.86. The van der Waals surface area contributed by atoms with Gasteiger partial charge in [-0.05, 0) is 0 Å². The van der Waals surface area contributed by atoms with Gasteiger partial charge in [0.15, 0.2) is 0 Å². The lowest BCUT2D eigenvalue weighted by Gasteiger charge is -2.28. The predicted molar refractivity (Wildman–Crippen MR) is 75.7 cm³/mol. The minimum atomic E-state index is -0.958. The number of hydrogen-bond donors (Lipinski definition) is 1. The van der Waals surface area contributed by atoms with Gasteiger partial charge < -0.3 is 10.2 Å². The van der Waals surface area contributed by atoms with E-state index in [1.54, 1.807) is 4.90 Å². The van der Waals surface area contributed by atoms with Crippen LogP contribution in [0.1, 0.15) is 0 Å². The van der Waals surface area contributed by atoms with Crippen molar-refractivity contribution in [3.8, 4) is 0 Å². The third kappa shape index (κ3) is 3.40. The van der Waals surface area contributed by atoms with Crippen LogP contribution >= 0.6 is 12.4 Å². The summed E-state index contributed by atoms with van der Waals surface area (Å²) in [5, 5.41) is 3.10. The van der Waals surface area contributed by atoms with Gasteiger partial charge >= 0.3 is 17.8 Å². The molecule has 8 nitrogen and oxygen atoms in total. The fourth-order valence-corrected chi connectivity index (χ4v) is 2.13. The minimum Gasteiger partial charge on any atom is -0.339 e. The van der Waals surface area contributed by atoms with Crippen molar-refractivity contribution in [2.45, 2.75) is 0 Å². The fraction of sp³-hybridized carbons (Fsp3) is 0.500. The molecule has 21 heavy (non-hydrogen) atoms. The highest BCUT2D eigenvalue weighted by molar-refractivity contribution is 6.45. The Morgan fingerprint density at radius 3 is 2.29 bits per heavy atom. The van der Waals surface area contributed by atoms with Gasteiger partial charge in [0.25, 0.3) is 0 Å². The highest BCUT2D eigenvalue weighted by Gasteiger charge is 2.44. The molecular formula is C12H17ClN4O4. The van der Waals surface area contributed by atoms with Crippen LogP contribution in [-0.2, 0) is 14.4 Å². The van der Waals surface area contributed by atoms with Crippen molar-refractivity contribution in [3.05, 3.63) is 12.7 Å². The second-order valence-electron chi connectivity index (χ2n) is 4.51. The molecule has 2 saturated heterocycles. The fourth-order valence-electron chi connectivity index (χ4n) is 2.13. The normalized spacial score (nSPS) is 18.9. The molecule has 0 aromatic rings. The van der Waals surface area contributed by atoms with Gasteiger partial charge in [-0.15, -0.1) is 19.0 Å². The molecule has 5 amide bonds. The lowest BCUT2D eigenvalue weighted by atomic mass is 10.3. The molecular weight excluding hydrogens is 300 g/mol. The predicted octanol–water partition coefficient (Wildman–Crippen LogP) is -1.18. The molecule has 2 aliphatic rings. The van der Waals surface area contributed by atoms with Gasteiger partial charge in [0.2, 0.25) is 5.91 Å². The minimum absolute atomic E-state index is 0. The van der Waals surface area contributed by atoms with Crippen molar-refractivity contribution in [1.82, 2.24) is 20.0 Å². The van der Waals surface area contributed by atoms with Crippen molar-refractivity contribution in [2.75, 3.05) is 39.3 Å². The zero-order chi connectivity index (χ0) is 14.7. The van der Waals surface area contributed by atoms with Crippen LogP contribution in [0.2, 0.25) is 0 Å². The van der Waals surface area contributed by atoms with Crippen LogP contribution in [0.5, 0.6) is 0 Å². The van der Waals surface area contributed by atoms with Gasteiger partial charge in [0, 0.05) is 32.7 Å². The van der Waals surface area contributed by atoms with Crippen molar-refractivity contribution in [3.63, 3.8) is 0 Å². The molecule has 2 aliphatic heterocycles. The van der Waals surface area contributed by atoms with E-state index in [-0.39, 0.29) is 24.9 Å². The van der Waals surface area contributed by atoms with Gasteiger partial charge in [-0.2, -0.15) is 0 Å². The Balaban J connectivity index is 0.00000220. The number of nitrogens with zero attached hydrogens (tertiary/aromatic N) is 3. The first-order chi connectivity index (χ1) is 9.56. The number of carbonyl (C=O) groups is 4. The van der Waals surface area contributed by atoms with E-state index in [0.29, 0.717) is 31.1 Å².